The second kappa shape index (κ2) is 9.98. The van der Waals surface area contributed by atoms with E-state index >= 15 is 0 Å². The summed E-state index contributed by atoms with van der Waals surface area (Å²) in [6.07, 6.45) is 0. The highest BCUT2D eigenvalue weighted by Crippen LogP contribution is 2.31. The fraction of sp³-hybridized carbons (Fsp3) is 0.0690. The van der Waals surface area contributed by atoms with Gasteiger partial charge in [0.1, 0.15) is 18.1 Å². The van der Waals surface area contributed by atoms with E-state index < -0.39 is 22.7 Å². The van der Waals surface area contributed by atoms with Gasteiger partial charge in [-0.05, 0) is 66.6 Å². The maximum atomic E-state index is 12.9. The number of amides is 2. The summed E-state index contributed by atoms with van der Waals surface area (Å²) in [5, 5.41) is 10.8. The molecule has 38 heavy (non-hydrogen) atoms. The maximum absolute atomic E-state index is 12.9. The van der Waals surface area contributed by atoms with Gasteiger partial charge in [0.2, 0.25) is 0 Å². The molecule has 1 heterocycles. The van der Waals surface area contributed by atoms with Crippen molar-refractivity contribution >= 4 is 29.2 Å². The average molecular weight is 508 g/mol. The number of benzene rings is 4. The van der Waals surface area contributed by atoms with Crippen LogP contribution < -0.4 is 9.64 Å². The third-order valence-electron chi connectivity index (χ3n) is 6.06. The normalized spacial score (nSPS) is 12.3. The molecule has 0 aromatic heterocycles. The molecule has 4 aromatic carbocycles. The van der Waals surface area contributed by atoms with Gasteiger partial charge in [0.05, 0.1) is 27.3 Å². The first-order valence-corrected chi connectivity index (χ1v) is 11.6. The van der Waals surface area contributed by atoms with E-state index in [1.54, 1.807) is 67.6 Å². The Morgan fingerprint density at radius 1 is 0.842 bits per heavy atom. The van der Waals surface area contributed by atoms with Gasteiger partial charge >= 0.3 is 5.97 Å². The van der Waals surface area contributed by atoms with Gasteiger partial charge < -0.3 is 9.47 Å². The van der Waals surface area contributed by atoms with Crippen molar-refractivity contribution in [2.75, 3.05) is 4.90 Å². The van der Waals surface area contributed by atoms with E-state index in [2.05, 4.69) is 0 Å². The van der Waals surface area contributed by atoms with Crippen LogP contribution in [-0.4, -0.2) is 22.7 Å². The van der Waals surface area contributed by atoms with Crippen molar-refractivity contribution in [3.8, 4) is 11.5 Å². The number of carbonyl (C=O) groups excluding carboxylic acids is 3. The van der Waals surface area contributed by atoms with E-state index in [4.69, 9.17) is 9.47 Å². The lowest BCUT2D eigenvalue weighted by Crippen LogP contribution is -2.30. The van der Waals surface area contributed by atoms with E-state index in [1.807, 2.05) is 0 Å². The molecule has 4 aromatic rings. The van der Waals surface area contributed by atoms with Crippen molar-refractivity contribution in [2.24, 2.45) is 0 Å². The Kier molecular flexibility index (Phi) is 6.40. The van der Waals surface area contributed by atoms with Crippen LogP contribution in [0.15, 0.2) is 91.0 Å². The first-order valence-electron chi connectivity index (χ1n) is 11.6. The topological polar surface area (TPSA) is 116 Å². The number of nitrogens with zero attached hydrogens (tertiary/aromatic N) is 2. The van der Waals surface area contributed by atoms with E-state index in [0.29, 0.717) is 39.4 Å². The largest absolute Gasteiger partial charge is 0.457 e. The molecular formula is C29H20N2O7. The van der Waals surface area contributed by atoms with Gasteiger partial charge in [0.25, 0.3) is 17.5 Å². The zero-order valence-electron chi connectivity index (χ0n) is 20.1. The fourth-order valence-corrected chi connectivity index (χ4v) is 4.04. The van der Waals surface area contributed by atoms with Crippen LogP contribution in [0.25, 0.3) is 0 Å². The molecule has 188 valence electrons. The molecule has 0 unspecified atom stereocenters. The van der Waals surface area contributed by atoms with E-state index in [0.717, 1.165) is 4.90 Å². The number of imide groups is 1. The number of rotatable bonds is 7. The Morgan fingerprint density at radius 2 is 1.42 bits per heavy atom. The molecule has 0 bridgehead atoms. The highest BCUT2D eigenvalue weighted by Gasteiger charge is 2.37. The lowest BCUT2D eigenvalue weighted by Gasteiger charge is -2.17. The van der Waals surface area contributed by atoms with Gasteiger partial charge in [-0.1, -0.05) is 30.3 Å². The van der Waals surface area contributed by atoms with Crippen LogP contribution in [0.4, 0.5) is 11.4 Å². The van der Waals surface area contributed by atoms with E-state index in [-0.39, 0.29) is 17.9 Å². The third kappa shape index (κ3) is 4.72. The highest BCUT2D eigenvalue weighted by molar-refractivity contribution is 6.34. The van der Waals surface area contributed by atoms with E-state index in [9.17, 15) is 24.5 Å². The van der Waals surface area contributed by atoms with Crippen molar-refractivity contribution in [3.05, 3.63) is 129 Å². The minimum absolute atomic E-state index is 0.00707. The summed E-state index contributed by atoms with van der Waals surface area (Å²) in [6.45, 7) is 1.75. The van der Waals surface area contributed by atoms with Crippen molar-refractivity contribution in [3.63, 3.8) is 0 Å². The second-order valence-corrected chi connectivity index (χ2v) is 8.57. The number of fused-ring (bicyclic) bond motifs is 1. The Labute approximate surface area is 217 Å². The summed E-state index contributed by atoms with van der Waals surface area (Å²) in [7, 11) is 0. The van der Waals surface area contributed by atoms with Crippen LogP contribution in [0.2, 0.25) is 0 Å². The first-order chi connectivity index (χ1) is 18.3. The lowest BCUT2D eigenvalue weighted by molar-refractivity contribution is -0.384. The van der Waals surface area contributed by atoms with Gasteiger partial charge in [-0.15, -0.1) is 0 Å². The summed E-state index contributed by atoms with van der Waals surface area (Å²) in [6, 6.07) is 23.9. The van der Waals surface area contributed by atoms with Crippen LogP contribution in [-0.2, 0) is 11.3 Å². The first kappa shape index (κ1) is 24.4. The molecule has 1 aliphatic heterocycles. The quantitative estimate of drug-likeness (QED) is 0.133. The molecule has 9 nitrogen and oxygen atoms in total. The van der Waals surface area contributed by atoms with Gasteiger partial charge in [0.15, 0.2) is 0 Å². The molecule has 2 amide bonds. The Hall–Kier alpha value is -5.31. The van der Waals surface area contributed by atoms with Crippen molar-refractivity contribution < 1.29 is 28.8 Å². The van der Waals surface area contributed by atoms with Crippen molar-refractivity contribution in [1.82, 2.24) is 0 Å². The van der Waals surface area contributed by atoms with Gasteiger partial charge in [-0.2, -0.15) is 0 Å². The number of esters is 1. The van der Waals surface area contributed by atoms with Crippen LogP contribution in [0, 0.1) is 17.0 Å². The van der Waals surface area contributed by atoms with Gasteiger partial charge in [-0.25, -0.2) is 9.69 Å². The van der Waals surface area contributed by atoms with Gasteiger partial charge in [-0.3, -0.25) is 19.7 Å². The van der Waals surface area contributed by atoms with E-state index in [1.165, 1.54) is 30.3 Å². The number of non-ortho nitro benzene ring substituents is 1. The molecule has 5 rings (SSSR count). The van der Waals surface area contributed by atoms with Crippen LogP contribution in [0.3, 0.4) is 0 Å². The van der Waals surface area contributed by atoms with Crippen LogP contribution in [0.5, 0.6) is 11.5 Å². The second-order valence-electron chi connectivity index (χ2n) is 8.57. The molecule has 0 radical (unpaired) electrons. The predicted molar refractivity (Wildman–Crippen MR) is 137 cm³/mol. The summed E-state index contributed by atoms with van der Waals surface area (Å²) in [5.41, 5.74) is 2.54. The molecule has 0 aliphatic carbocycles. The average Bonchev–Trinajstić information content (AvgIpc) is 3.18. The zero-order chi connectivity index (χ0) is 26.8. The third-order valence-corrected chi connectivity index (χ3v) is 6.06. The summed E-state index contributed by atoms with van der Waals surface area (Å²) >= 11 is 0. The summed E-state index contributed by atoms with van der Waals surface area (Å²) < 4.78 is 11.1. The lowest BCUT2D eigenvalue weighted by atomic mass is 10.1. The predicted octanol–water partition coefficient (Wildman–Crippen LogP) is 5.85. The molecule has 1 aliphatic rings. The number of aryl methyl sites for hydroxylation is 1. The fourth-order valence-electron chi connectivity index (χ4n) is 4.04. The minimum Gasteiger partial charge on any atom is -0.457 e. The van der Waals surface area contributed by atoms with Crippen LogP contribution in [0.1, 0.15) is 42.2 Å². The van der Waals surface area contributed by atoms with Crippen molar-refractivity contribution in [2.45, 2.75) is 13.5 Å². The maximum Gasteiger partial charge on any atom is 0.338 e. The molecular weight excluding hydrogens is 488 g/mol. The Morgan fingerprint density at radius 3 is 2.00 bits per heavy atom. The molecule has 0 fully saturated rings. The minimum atomic E-state index is -0.603. The summed E-state index contributed by atoms with van der Waals surface area (Å²) in [4.78, 5) is 49.9. The Balaban J connectivity index is 1.24. The number of ether oxygens (including phenoxy) is 2. The molecule has 0 saturated heterocycles. The SMILES string of the molecule is Cc1ccc(C(=O)OCc2ccc(Oc3ccc([N+](=O)[O-])cc3)cc2)cc1N1C(=O)c2ccccc2C1=O. The molecule has 0 atom stereocenters. The number of nitro benzene ring substituents is 1. The number of hydrogen-bond donors (Lipinski definition) is 0. The molecule has 9 heteroatoms. The van der Waals surface area contributed by atoms with Gasteiger partial charge in [0, 0.05) is 12.1 Å². The molecule has 0 saturated carbocycles. The number of anilines is 1. The zero-order valence-corrected chi connectivity index (χ0v) is 20.1. The molecule has 0 N–H and O–H groups in total. The molecule has 0 spiro atoms. The number of hydrogen-bond acceptors (Lipinski definition) is 7. The highest BCUT2D eigenvalue weighted by atomic mass is 16.6. The van der Waals surface area contributed by atoms with Crippen LogP contribution >= 0.6 is 0 Å². The van der Waals surface area contributed by atoms with Crippen molar-refractivity contribution in [1.29, 1.82) is 0 Å². The summed E-state index contributed by atoms with van der Waals surface area (Å²) in [5.74, 6) is -0.513. The number of carbonyl (C=O) groups is 3. The standard InChI is InChI=1S/C29H20N2O7/c1-18-6-9-20(16-26(18)30-27(32)24-4-2-3-5-25(24)28(30)33)29(34)37-17-19-7-12-22(13-8-19)38-23-14-10-21(11-15-23)31(35)36/h2-16H,17H2,1H3. The Bertz CT molecular complexity index is 1540. The smallest absolute Gasteiger partial charge is 0.338 e. The number of nitro groups is 1. The monoisotopic (exact) mass is 508 g/mol.